The number of ether oxygens (including phenoxy) is 2. The van der Waals surface area contributed by atoms with Crippen molar-refractivity contribution in [3.05, 3.63) is 76.3 Å². The van der Waals surface area contributed by atoms with E-state index in [1.807, 2.05) is 0 Å². The van der Waals surface area contributed by atoms with Gasteiger partial charge in [0.2, 0.25) is 5.89 Å². The van der Waals surface area contributed by atoms with Gasteiger partial charge in [-0.1, -0.05) is 22.0 Å². The molecule has 0 aliphatic carbocycles. The van der Waals surface area contributed by atoms with Crippen molar-refractivity contribution < 1.29 is 23.5 Å². The fourth-order valence-corrected chi connectivity index (χ4v) is 3.44. The Hall–Kier alpha value is -3.65. The van der Waals surface area contributed by atoms with Gasteiger partial charge in [0, 0.05) is 15.6 Å². The highest BCUT2D eigenvalue weighted by Crippen LogP contribution is 2.32. The van der Waals surface area contributed by atoms with Crippen LogP contribution < -0.4 is 10.1 Å². The number of esters is 1. The highest BCUT2D eigenvalue weighted by Gasteiger charge is 2.15. The van der Waals surface area contributed by atoms with E-state index in [4.69, 9.17) is 13.9 Å². The quantitative estimate of drug-likeness (QED) is 0.369. The SMILES string of the molecule is COC(=O)Cc1ccc2oc(-c3ccc(OC)c(NC(=O)c4ccc(Br)cc4)c3)nc2c1. The third-order valence-corrected chi connectivity index (χ3v) is 5.36. The number of nitrogens with one attached hydrogen (secondary N) is 1. The van der Waals surface area contributed by atoms with Crippen LogP contribution in [0, 0.1) is 0 Å². The van der Waals surface area contributed by atoms with Crippen LogP contribution in [0.2, 0.25) is 0 Å². The number of hydrogen-bond acceptors (Lipinski definition) is 6. The number of fused-ring (bicyclic) bond motifs is 1. The van der Waals surface area contributed by atoms with Crippen molar-refractivity contribution in [2.75, 3.05) is 19.5 Å². The van der Waals surface area contributed by atoms with Gasteiger partial charge >= 0.3 is 5.97 Å². The second-order valence-corrected chi connectivity index (χ2v) is 7.87. The van der Waals surface area contributed by atoms with E-state index in [0.29, 0.717) is 39.6 Å². The van der Waals surface area contributed by atoms with Gasteiger partial charge in [-0.15, -0.1) is 0 Å². The van der Waals surface area contributed by atoms with Crippen LogP contribution >= 0.6 is 15.9 Å². The number of hydrogen-bond donors (Lipinski definition) is 1. The van der Waals surface area contributed by atoms with Gasteiger partial charge in [-0.2, -0.15) is 0 Å². The molecule has 0 unspecified atom stereocenters. The third-order valence-electron chi connectivity index (χ3n) is 4.83. The second-order valence-electron chi connectivity index (χ2n) is 6.95. The number of aromatic nitrogens is 1. The maximum absolute atomic E-state index is 12.7. The zero-order valence-electron chi connectivity index (χ0n) is 17.3. The minimum Gasteiger partial charge on any atom is -0.495 e. The smallest absolute Gasteiger partial charge is 0.309 e. The van der Waals surface area contributed by atoms with E-state index in [1.165, 1.54) is 14.2 Å². The van der Waals surface area contributed by atoms with Crippen molar-refractivity contribution in [3.63, 3.8) is 0 Å². The highest BCUT2D eigenvalue weighted by atomic mass is 79.9. The average Bonchev–Trinajstić information content (AvgIpc) is 3.22. The minimum absolute atomic E-state index is 0.156. The summed E-state index contributed by atoms with van der Waals surface area (Å²) in [6.07, 6.45) is 0.156. The minimum atomic E-state index is -0.325. The molecular weight excluding hydrogens is 476 g/mol. The van der Waals surface area contributed by atoms with Crippen LogP contribution in [0.3, 0.4) is 0 Å². The number of nitrogens with zero attached hydrogens (tertiary/aromatic N) is 1. The molecule has 1 aromatic heterocycles. The Kier molecular flexibility index (Phi) is 6.23. The van der Waals surface area contributed by atoms with E-state index < -0.39 is 0 Å². The molecule has 1 N–H and O–H groups in total. The fourth-order valence-electron chi connectivity index (χ4n) is 3.18. The Labute approximate surface area is 192 Å². The predicted octanol–water partition coefficient (Wildman–Crippen LogP) is 5.23. The van der Waals surface area contributed by atoms with E-state index in [1.54, 1.807) is 60.7 Å². The molecule has 0 spiro atoms. The molecule has 1 amide bonds. The molecule has 0 fully saturated rings. The number of amides is 1. The van der Waals surface area contributed by atoms with E-state index in [2.05, 4.69) is 26.2 Å². The summed E-state index contributed by atoms with van der Waals surface area (Å²) in [6.45, 7) is 0. The molecule has 0 saturated heterocycles. The molecule has 4 aromatic rings. The number of halogens is 1. The fraction of sp³-hybridized carbons (Fsp3) is 0.125. The van der Waals surface area contributed by atoms with Crippen LogP contribution in [0.5, 0.6) is 5.75 Å². The molecule has 7 nitrogen and oxygen atoms in total. The Morgan fingerprint density at radius 1 is 1.03 bits per heavy atom. The van der Waals surface area contributed by atoms with E-state index in [-0.39, 0.29) is 18.3 Å². The van der Waals surface area contributed by atoms with Crippen LogP contribution in [0.25, 0.3) is 22.6 Å². The van der Waals surface area contributed by atoms with Gasteiger partial charge in [0.1, 0.15) is 11.3 Å². The molecule has 3 aromatic carbocycles. The summed E-state index contributed by atoms with van der Waals surface area (Å²) in [4.78, 5) is 28.8. The van der Waals surface area contributed by atoms with E-state index >= 15 is 0 Å². The molecule has 0 atom stereocenters. The van der Waals surface area contributed by atoms with Gasteiger partial charge in [-0.25, -0.2) is 4.98 Å². The van der Waals surface area contributed by atoms with Crippen LogP contribution in [0.1, 0.15) is 15.9 Å². The lowest BCUT2D eigenvalue weighted by atomic mass is 10.1. The van der Waals surface area contributed by atoms with Crippen LogP contribution in [0.4, 0.5) is 5.69 Å². The molecule has 162 valence electrons. The average molecular weight is 495 g/mol. The zero-order chi connectivity index (χ0) is 22.7. The lowest BCUT2D eigenvalue weighted by molar-refractivity contribution is -0.139. The first kappa shape index (κ1) is 21.6. The van der Waals surface area contributed by atoms with E-state index in [9.17, 15) is 9.59 Å². The maximum atomic E-state index is 12.7. The summed E-state index contributed by atoms with van der Waals surface area (Å²) in [5.41, 5.74) is 3.67. The standard InChI is InChI=1S/C24H19BrN2O5/c1-30-20-10-6-16(13-19(20)26-23(29)15-4-7-17(25)8-5-15)24-27-18-11-14(12-22(28)31-2)3-9-21(18)32-24/h3-11,13H,12H2,1-2H3,(H,26,29). The van der Waals surface area contributed by atoms with Crippen molar-refractivity contribution in [2.45, 2.75) is 6.42 Å². The zero-order valence-corrected chi connectivity index (χ0v) is 18.9. The monoisotopic (exact) mass is 494 g/mol. The Morgan fingerprint density at radius 3 is 2.53 bits per heavy atom. The number of carbonyl (C=O) groups excluding carboxylic acids is 2. The lowest BCUT2D eigenvalue weighted by Crippen LogP contribution is -2.12. The predicted molar refractivity (Wildman–Crippen MR) is 124 cm³/mol. The molecule has 8 heteroatoms. The summed E-state index contributed by atoms with van der Waals surface area (Å²) < 4.78 is 16.9. The first-order valence-corrected chi connectivity index (χ1v) is 10.5. The van der Waals surface area contributed by atoms with E-state index in [0.717, 1.165) is 10.0 Å². The van der Waals surface area contributed by atoms with Gasteiger partial charge in [-0.3, -0.25) is 9.59 Å². The van der Waals surface area contributed by atoms with Crippen LogP contribution in [-0.4, -0.2) is 31.1 Å². The molecule has 4 rings (SSSR count). The van der Waals surface area contributed by atoms with Crippen molar-refractivity contribution in [2.24, 2.45) is 0 Å². The van der Waals surface area contributed by atoms with Gasteiger partial charge < -0.3 is 19.2 Å². The highest BCUT2D eigenvalue weighted by molar-refractivity contribution is 9.10. The molecule has 1 heterocycles. The number of benzene rings is 3. The summed E-state index contributed by atoms with van der Waals surface area (Å²) in [7, 11) is 2.89. The number of anilines is 1. The van der Waals surface area contributed by atoms with Crippen LogP contribution in [-0.2, 0) is 16.0 Å². The van der Waals surface area contributed by atoms with Crippen molar-refractivity contribution in [1.82, 2.24) is 4.98 Å². The largest absolute Gasteiger partial charge is 0.495 e. The van der Waals surface area contributed by atoms with Crippen molar-refractivity contribution in [3.8, 4) is 17.2 Å². The lowest BCUT2D eigenvalue weighted by Gasteiger charge is -2.11. The molecule has 0 bridgehead atoms. The Morgan fingerprint density at radius 2 is 1.81 bits per heavy atom. The first-order valence-electron chi connectivity index (χ1n) is 9.68. The maximum Gasteiger partial charge on any atom is 0.309 e. The number of carbonyl (C=O) groups is 2. The first-order chi connectivity index (χ1) is 15.5. The summed E-state index contributed by atoms with van der Waals surface area (Å²) in [5, 5.41) is 2.88. The summed E-state index contributed by atoms with van der Waals surface area (Å²) in [5.74, 6) is 0.306. The molecule has 0 radical (unpaired) electrons. The van der Waals surface area contributed by atoms with Gasteiger partial charge in [0.25, 0.3) is 5.91 Å². The normalized spacial score (nSPS) is 10.7. The van der Waals surface area contributed by atoms with Gasteiger partial charge in [0.15, 0.2) is 5.58 Å². The number of methoxy groups -OCH3 is 2. The second kappa shape index (κ2) is 9.23. The molecular formula is C24H19BrN2O5. The molecule has 0 aliphatic rings. The van der Waals surface area contributed by atoms with Gasteiger partial charge in [0.05, 0.1) is 26.3 Å². The molecule has 0 saturated carbocycles. The molecule has 32 heavy (non-hydrogen) atoms. The van der Waals surface area contributed by atoms with Crippen molar-refractivity contribution in [1.29, 1.82) is 0 Å². The number of oxazole rings is 1. The number of rotatable bonds is 6. The third kappa shape index (κ3) is 4.65. The summed E-state index contributed by atoms with van der Waals surface area (Å²) in [6, 6.07) is 17.7. The Balaban J connectivity index is 1.63. The summed E-state index contributed by atoms with van der Waals surface area (Å²) >= 11 is 3.36. The Bertz CT molecular complexity index is 1300. The topological polar surface area (TPSA) is 90.7 Å². The van der Waals surface area contributed by atoms with Crippen LogP contribution in [0.15, 0.2) is 69.6 Å². The van der Waals surface area contributed by atoms with Gasteiger partial charge in [-0.05, 0) is 60.2 Å². The molecule has 0 aliphatic heterocycles. The van der Waals surface area contributed by atoms with Crippen molar-refractivity contribution >= 4 is 44.6 Å².